The Morgan fingerprint density at radius 2 is 2.00 bits per heavy atom. The summed E-state index contributed by atoms with van der Waals surface area (Å²) in [6.45, 7) is 3.55. The van der Waals surface area contributed by atoms with Crippen LogP contribution in [-0.4, -0.2) is 26.0 Å². The van der Waals surface area contributed by atoms with E-state index in [1.165, 1.54) is 18.2 Å². The van der Waals surface area contributed by atoms with E-state index < -0.39 is 0 Å². The Morgan fingerprint density at radius 3 is 2.61 bits per heavy atom. The van der Waals surface area contributed by atoms with Crippen molar-refractivity contribution in [3.05, 3.63) is 41.7 Å². The summed E-state index contributed by atoms with van der Waals surface area (Å²) in [6, 6.07) is 5.99. The Hall–Kier alpha value is -1.68. The minimum absolute atomic E-state index is 0.137. The van der Waals surface area contributed by atoms with Crippen LogP contribution in [0.2, 0.25) is 0 Å². The van der Waals surface area contributed by atoms with E-state index in [9.17, 15) is 9.18 Å². The van der Waals surface area contributed by atoms with Crippen LogP contribution in [0.4, 0.5) is 4.39 Å². The lowest BCUT2D eigenvalue weighted by atomic mass is 10.2. The molecule has 0 aliphatic heterocycles. The number of benzene rings is 1. The highest BCUT2D eigenvalue weighted by Gasteiger charge is 2.01. The van der Waals surface area contributed by atoms with E-state index in [1.54, 1.807) is 18.2 Å². The highest BCUT2D eigenvalue weighted by Crippen LogP contribution is 2.04. The van der Waals surface area contributed by atoms with Gasteiger partial charge in [0.1, 0.15) is 5.82 Å². The largest absolute Gasteiger partial charge is 0.352 e. The normalized spacial score (nSPS) is 12.6. The number of carbonyl (C=O) groups excluding carboxylic acids is 1. The third kappa shape index (κ3) is 5.59. The van der Waals surface area contributed by atoms with Gasteiger partial charge in [-0.25, -0.2) is 4.39 Å². The molecular weight excluding hydrogens is 231 g/mol. The maximum absolute atomic E-state index is 12.7. The first-order valence-corrected chi connectivity index (χ1v) is 5.98. The number of carbonyl (C=O) groups is 1. The first-order chi connectivity index (χ1) is 8.61. The molecule has 4 heteroatoms. The first kappa shape index (κ1) is 14.4. The molecule has 0 radical (unpaired) electrons. The van der Waals surface area contributed by atoms with Gasteiger partial charge in [0.25, 0.3) is 0 Å². The summed E-state index contributed by atoms with van der Waals surface area (Å²) in [6.07, 6.45) is 3.12. The van der Waals surface area contributed by atoms with E-state index >= 15 is 0 Å². The zero-order valence-corrected chi connectivity index (χ0v) is 10.7. The Labute approximate surface area is 107 Å². The van der Waals surface area contributed by atoms with Crippen molar-refractivity contribution in [2.24, 2.45) is 5.92 Å². The Balaban J connectivity index is 2.37. The summed E-state index contributed by atoms with van der Waals surface area (Å²) < 4.78 is 12.7. The van der Waals surface area contributed by atoms with Gasteiger partial charge in [-0.1, -0.05) is 19.1 Å². The summed E-state index contributed by atoms with van der Waals surface area (Å²) in [5.74, 6) is -0.0297. The SMILES string of the molecule is CNCC(C)CNC(=O)/C=C/c1ccc(F)cc1. The first-order valence-electron chi connectivity index (χ1n) is 5.98. The quantitative estimate of drug-likeness (QED) is 0.756. The monoisotopic (exact) mass is 250 g/mol. The van der Waals surface area contributed by atoms with Crippen molar-refractivity contribution in [1.82, 2.24) is 10.6 Å². The summed E-state index contributed by atoms with van der Waals surface area (Å²) in [4.78, 5) is 11.5. The Bertz CT molecular complexity index is 401. The molecular formula is C14H19FN2O. The number of rotatable bonds is 6. The average molecular weight is 250 g/mol. The molecule has 1 atom stereocenters. The predicted molar refractivity (Wildman–Crippen MR) is 71.5 cm³/mol. The van der Waals surface area contributed by atoms with Crippen molar-refractivity contribution in [2.45, 2.75) is 6.92 Å². The van der Waals surface area contributed by atoms with E-state index in [0.717, 1.165) is 12.1 Å². The van der Waals surface area contributed by atoms with Crippen LogP contribution >= 0.6 is 0 Å². The molecule has 1 aromatic carbocycles. The minimum atomic E-state index is -0.280. The second-order valence-corrected chi connectivity index (χ2v) is 4.29. The number of halogens is 1. The van der Waals surface area contributed by atoms with Crippen molar-refractivity contribution in [3.63, 3.8) is 0 Å². The lowest BCUT2D eigenvalue weighted by molar-refractivity contribution is -0.116. The third-order valence-electron chi connectivity index (χ3n) is 2.47. The Morgan fingerprint density at radius 1 is 1.33 bits per heavy atom. The van der Waals surface area contributed by atoms with E-state index in [2.05, 4.69) is 17.6 Å². The molecule has 0 bridgehead atoms. The number of hydrogen-bond donors (Lipinski definition) is 2. The highest BCUT2D eigenvalue weighted by atomic mass is 19.1. The molecule has 0 saturated carbocycles. The van der Waals surface area contributed by atoms with Crippen molar-refractivity contribution in [1.29, 1.82) is 0 Å². The molecule has 0 spiro atoms. The molecule has 0 heterocycles. The van der Waals surface area contributed by atoms with Gasteiger partial charge in [-0.15, -0.1) is 0 Å². The van der Waals surface area contributed by atoms with Gasteiger partial charge in [0.15, 0.2) is 0 Å². The van der Waals surface area contributed by atoms with Gasteiger partial charge in [0, 0.05) is 12.6 Å². The van der Waals surface area contributed by atoms with Gasteiger partial charge in [0.2, 0.25) is 5.91 Å². The maximum Gasteiger partial charge on any atom is 0.244 e. The fourth-order valence-electron chi connectivity index (χ4n) is 1.50. The number of amides is 1. The second kappa shape index (κ2) is 7.61. The van der Waals surface area contributed by atoms with Crippen molar-refractivity contribution in [2.75, 3.05) is 20.1 Å². The topological polar surface area (TPSA) is 41.1 Å². The van der Waals surface area contributed by atoms with Crippen LogP contribution in [0.5, 0.6) is 0 Å². The molecule has 0 fully saturated rings. The molecule has 2 N–H and O–H groups in total. The van der Waals surface area contributed by atoms with Gasteiger partial charge in [-0.05, 0) is 43.3 Å². The summed E-state index contributed by atoms with van der Waals surface area (Å²) >= 11 is 0. The molecule has 0 aromatic heterocycles. The standard InChI is InChI=1S/C14H19FN2O/c1-11(9-16-2)10-17-14(18)8-5-12-3-6-13(15)7-4-12/h3-8,11,16H,9-10H2,1-2H3,(H,17,18)/b8-5+. The van der Waals surface area contributed by atoms with Crippen LogP contribution in [0, 0.1) is 11.7 Å². The van der Waals surface area contributed by atoms with Crippen LogP contribution in [0.3, 0.4) is 0 Å². The van der Waals surface area contributed by atoms with Crippen LogP contribution in [0.25, 0.3) is 6.08 Å². The minimum Gasteiger partial charge on any atom is -0.352 e. The van der Waals surface area contributed by atoms with Crippen molar-refractivity contribution < 1.29 is 9.18 Å². The van der Waals surface area contributed by atoms with Crippen molar-refractivity contribution >= 4 is 12.0 Å². The molecule has 1 rings (SSSR count). The van der Waals surface area contributed by atoms with E-state index in [0.29, 0.717) is 12.5 Å². The summed E-state index contributed by atoms with van der Waals surface area (Å²) in [5.41, 5.74) is 0.801. The van der Waals surface area contributed by atoms with Crippen LogP contribution < -0.4 is 10.6 Å². The molecule has 0 aliphatic rings. The fraction of sp³-hybridized carbons (Fsp3) is 0.357. The van der Waals surface area contributed by atoms with Gasteiger partial charge in [-0.2, -0.15) is 0 Å². The average Bonchev–Trinajstić information content (AvgIpc) is 2.36. The second-order valence-electron chi connectivity index (χ2n) is 4.29. The van der Waals surface area contributed by atoms with Gasteiger partial charge >= 0.3 is 0 Å². The van der Waals surface area contributed by atoms with E-state index in [4.69, 9.17) is 0 Å². The maximum atomic E-state index is 12.7. The molecule has 1 amide bonds. The van der Waals surface area contributed by atoms with Gasteiger partial charge < -0.3 is 10.6 Å². The number of nitrogens with one attached hydrogen (secondary N) is 2. The van der Waals surface area contributed by atoms with E-state index in [-0.39, 0.29) is 11.7 Å². The molecule has 18 heavy (non-hydrogen) atoms. The van der Waals surface area contributed by atoms with E-state index in [1.807, 2.05) is 7.05 Å². The highest BCUT2D eigenvalue weighted by molar-refractivity contribution is 5.91. The fourth-order valence-corrected chi connectivity index (χ4v) is 1.50. The molecule has 1 unspecified atom stereocenters. The van der Waals surface area contributed by atoms with Crippen LogP contribution in [0.15, 0.2) is 30.3 Å². The smallest absolute Gasteiger partial charge is 0.244 e. The zero-order chi connectivity index (χ0) is 13.4. The lowest BCUT2D eigenvalue weighted by Gasteiger charge is -2.10. The number of hydrogen-bond acceptors (Lipinski definition) is 2. The molecule has 0 saturated heterocycles. The van der Waals surface area contributed by atoms with Crippen LogP contribution in [-0.2, 0) is 4.79 Å². The molecule has 98 valence electrons. The molecule has 0 aliphatic carbocycles. The Kier molecular flexibility index (Phi) is 6.08. The van der Waals surface area contributed by atoms with Gasteiger partial charge in [-0.3, -0.25) is 4.79 Å². The molecule has 1 aromatic rings. The molecule has 3 nitrogen and oxygen atoms in total. The predicted octanol–water partition coefficient (Wildman–Crippen LogP) is 1.81. The van der Waals surface area contributed by atoms with Crippen LogP contribution in [0.1, 0.15) is 12.5 Å². The summed E-state index contributed by atoms with van der Waals surface area (Å²) in [5, 5.41) is 5.86. The van der Waals surface area contributed by atoms with Gasteiger partial charge in [0.05, 0.1) is 0 Å². The lowest BCUT2D eigenvalue weighted by Crippen LogP contribution is -2.31. The zero-order valence-electron chi connectivity index (χ0n) is 10.7. The summed E-state index contributed by atoms with van der Waals surface area (Å²) in [7, 11) is 1.88. The third-order valence-corrected chi connectivity index (χ3v) is 2.47. The van der Waals surface area contributed by atoms with Crippen molar-refractivity contribution in [3.8, 4) is 0 Å².